The zero-order valence-corrected chi connectivity index (χ0v) is 12.3. The third kappa shape index (κ3) is 4.91. The smallest absolute Gasteiger partial charge is 0.260 e. The van der Waals surface area contributed by atoms with Gasteiger partial charge in [0.2, 0.25) is 0 Å². The Balaban J connectivity index is 2.68. The van der Waals surface area contributed by atoms with Gasteiger partial charge in [-0.25, -0.2) is 0 Å². The number of likely N-dealkylation sites (N-methyl/N-ethyl adjacent to an activating group) is 1. The van der Waals surface area contributed by atoms with E-state index < -0.39 is 0 Å². The largest absolute Gasteiger partial charge is 0.483 e. The molecule has 4 nitrogen and oxygen atoms in total. The number of hydrogen-bond acceptors (Lipinski definition) is 3. The highest BCUT2D eigenvalue weighted by molar-refractivity contribution is 5.77. The molecule has 0 bridgehead atoms. The number of nitrogens with zero attached hydrogens (tertiary/aromatic N) is 1. The van der Waals surface area contributed by atoms with Gasteiger partial charge in [0.1, 0.15) is 5.75 Å². The van der Waals surface area contributed by atoms with Crippen molar-refractivity contribution >= 4 is 5.91 Å². The molecule has 1 N–H and O–H groups in total. The first-order valence-electron chi connectivity index (χ1n) is 6.75. The lowest BCUT2D eigenvalue weighted by molar-refractivity contribution is -0.131. The highest BCUT2D eigenvalue weighted by Crippen LogP contribution is 2.20. The number of carbonyl (C=O) groups is 1. The SMILES string of the molecule is CCNCc1cc(C)ccc1OCC(=O)N(C)CC. The van der Waals surface area contributed by atoms with Crippen LogP contribution in [0.2, 0.25) is 0 Å². The second kappa shape index (κ2) is 7.79. The van der Waals surface area contributed by atoms with Gasteiger partial charge in [-0.15, -0.1) is 0 Å². The third-order valence-corrected chi connectivity index (χ3v) is 3.03. The van der Waals surface area contributed by atoms with E-state index in [1.54, 1.807) is 11.9 Å². The molecule has 106 valence electrons. The van der Waals surface area contributed by atoms with Crippen LogP contribution in [-0.2, 0) is 11.3 Å². The molecule has 1 aromatic rings. The molecule has 0 atom stereocenters. The minimum Gasteiger partial charge on any atom is -0.483 e. The average molecular weight is 264 g/mol. The first-order chi connectivity index (χ1) is 9.08. The first-order valence-corrected chi connectivity index (χ1v) is 6.75. The van der Waals surface area contributed by atoms with Crippen LogP contribution in [0, 0.1) is 6.92 Å². The van der Waals surface area contributed by atoms with E-state index in [9.17, 15) is 4.79 Å². The zero-order valence-electron chi connectivity index (χ0n) is 12.3. The van der Waals surface area contributed by atoms with Crippen LogP contribution < -0.4 is 10.1 Å². The van der Waals surface area contributed by atoms with Crippen LogP contribution in [0.3, 0.4) is 0 Å². The Morgan fingerprint density at radius 2 is 2.11 bits per heavy atom. The number of ether oxygens (including phenoxy) is 1. The Kier molecular flexibility index (Phi) is 6.36. The molecule has 0 aromatic heterocycles. The van der Waals surface area contributed by atoms with E-state index in [1.807, 2.05) is 19.1 Å². The number of aryl methyl sites for hydroxylation is 1. The van der Waals surface area contributed by atoms with Crippen LogP contribution in [0.4, 0.5) is 0 Å². The van der Waals surface area contributed by atoms with Gasteiger partial charge in [0.25, 0.3) is 5.91 Å². The van der Waals surface area contributed by atoms with Crippen molar-refractivity contribution in [3.8, 4) is 5.75 Å². The van der Waals surface area contributed by atoms with Crippen molar-refractivity contribution < 1.29 is 9.53 Å². The third-order valence-electron chi connectivity index (χ3n) is 3.03. The van der Waals surface area contributed by atoms with Crippen molar-refractivity contribution in [3.63, 3.8) is 0 Å². The second-order valence-electron chi connectivity index (χ2n) is 4.59. The quantitative estimate of drug-likeness (QED) is 0.818. The van der Waals surface area contributed by atoms with Gasteiger partial charge in [-0.3, -0.25) is 4.79 Å². The fourth-order valence-corrected chi connectivity index (χ4v) is 1.67. The Labute approximate surface area is 115 Å². The molecule has 1 aromatic carbocycles. The predicted octanol–water partition coefficient (Wildman–Crippen LogP) is 1.96. The molecular formula is C15H24N2O2. The summed E-state index contributed by atoms with van der Waals surface area (Å²) in [5, 5.41) is 3.28. The molecule has 0 saturated carbocycles. The van der Waals surface area contributed by atoms with Crippen molar-refractivity contribution in [2.45, 2.75) is 27.3 Å². The molecule has 0 fully saturated rings. The van der Waals surface area contributed by atoms with E-state index in [4.69, 9.17) is 4.74 Å². The summed E-state index contributed by atoms with van der Waals surface area (Å²) in [6.07, 6.45) is 0. The molecular weight excluding hydrogens is 240 g/mol. The van der Waals surface area contributed by atoms with Gasteiger partial charge in [0, 0.05) is 25.7 Å². The highest BCUT2D eigenvalue weighted by Gasteiger charge is 2.09. The average Bonchev–Trinajstić information content (AvgIpc) is 2.42. The van der Waals surface area contributed by atoms with Gasteiger partial charge in [0.05, 0.1) is 0 Å². The Bertz CT molecular complexity index is 419. The van der Waals surface area contributed by atoms with E-state index in [2.05, 4.69) is 25.2 Å². The van der Waals surface area contributed by atoms with Crippen molar-refractivity contribution in [2.24, 2.45) is 0 Å². The van der Waals surface area contributed by atoms with Gasteiger partial charge in [0.15, 0.2) is 6.61 Å². The van der Waals surface area contributed by atoms with Gasteiger partial charge in [-0.2, -0.15) is 0 Å². The minimum absolute atomic E-state index is 0.00234. The lowest BCUT2D eigenvalue weighted by atomic mass is 10.1. The second-order valence-corrected chi connectivity index (χ2v) is 4.59. The van der Waals surface area contributed by atoms with Gasteiger partial charge >= 0.3 is 0 Å². The van der Waals surface area contributed by atoms with Crippen LogP contribution in [0.1, 0.15) is 25.0 Å². The molecule has 1 rings (SSSR count). The molecule has 0 aliphatic heterocycles. The number of amides is 1. The molecule has 0 aliphatic rings. The van der Waals surface area contributed by atoms with Crippen LogP contribution in [-0.4, -0.2) is 37.6 Å². The fourth-order valence-electron chi connectivity index (χ4n) is 1.67. The van der Waals surface area contributed by atoms with E-state index in [0.717, 1.165) is 24.4 Å². The number of benzene rings is 1. The van der Waals surface area contributed by atoms with Crippen molar-refractivity contribution in [1.82, 2.24) is 10.2 Å². The molecule has 4 heteroatoms. The molecule has 0 spiro atoms. The molecule has 0 aliphatic carbocycles. The van der Waals surface area contributed by atoms with Crippen LogP contribution in [0.5, 0.6) is 5.75 Å². The summed E-state index contributed by atoms with van der Waals surface area (Å²) in [5.41, 5.74) is 2.28. The molecule has 0 saturated heterocycles. The summed E-state index contributed by atoms with van der Waals surface area (Å²) in [6.45, 7) is 8.51. The van der Waals surface area contributed by atoms with E-state index in [1.165, 1.54) is 5.56 Å². The predicted molar refractivity (Wildman–Crippen MR) is 77.4 cm³/mol. The summed E-state index contributed by atoms with van der Waals surface area (Å²) in [6, 6.07) is 6.02. The normalized spacial score (nSPS) is 10.3. The lowest BCUT2D eigenvalue weighted by Crippen LogP contribution is -2.31. The van der Waals surface area contributed by atoms with Crippen molar-refractivity contribution in [3.05, 3.63) is 29.3 Å². The van der Waals surface area contributed by atoms with Gasteiger partial charge in [-0.1, -0.05) is 24.6 Å². The Hall–Kier alpha value is -1.55. The summed E-state index contributed by atoms with van der Waals surface area (Å²) in [4.78, 5) is 13.4. The molecule has 1 amide bonds. The van der Waals surface area contributed by atoms with Crippen LogP contribution in [0.15, 0.2) is 18.2 Å². The number of hydrogen-bond donors (Lipinski definition) is 1. The maximum atomic E-state index is 11.7. The number of carbonyl (C=O) groups excluding carboxylic acids is 1. The van der Waals surface area contributed by atoms with Gasteiger partial charge < -0.3 is 15.0 Å². The van der Waals surface area contributed by atoms with Gasteiger partial charge in [-0.05, 0) is 26.5 Å². The molecule has 0 radical (unpaired) electrons. The number of nitrogens with one attached hydrogen (secondary N) is 1. The fraction of sp³-hybridized carbons (Fsp3) is 0.533. The zero-order chi connectivity index (χ0) is 14.3. The molecule has 19 heavy (non-hydrogen) atoms. The molecule has 0 heterocycles. The lowest BCUT2D eigenvalue weighted by Gasteiger charge is -2.16. The standard InChI is InChI=1S/C15H24N2O2/c1-5-16-10-13-9-12(3)7-8-14(13)19-11-15(18)17(4)6-2/h7-9,16H,5-6,10-11H2,1-4H3. The summed E-state index contributed by atoms with van der Waals surface area (Å²) < 4.78 is 5.64. The molecule has 0 unspecified atom stereocenters. The summed E-state index contributed by atoms with van der Waals surface area (Å²) in [5.74, 6) is 0.780. The summed E-state index contributed by atoms with van der Waals surface area (Å²) >= 11 is 0. The first kappa shape index (κ1) is 15.5. The van der Waals surface area contributed by atoms with E-state index in [-0.39, 0.29) is 12.5 Å². The summed E-state index contributed by atoms with van der Waals surface area (Å²) in [7, 11) is 1.78. The van der Waals surface area contributed by atoms with E-state index in [0.29, 0.717) is 6.54 Å². The number of rotatable bonds is 7. The minimum atomic E-state index is -0.00234. The topological polar surface area (TPSA) is 41.6 Å². The maximum absolute atomic E-state index is 11.7. The monoisotopic (exact) mass is 264 g/mol. The van der Waals surface area contributed by atoms with Crippen molar-refractivity contribution in [2.75, 3.05) is 26.7 Å². The van der Waals surface area contributed by atoms with Crippen molar-refractivity contribution in [1.29, 1.82) is 0 Å². The maximum Gasteiger partial charge on any atom is 0.260 e. The highest BCUT2D eigenvalue weighted by atomic mass is 16.5. The van der Waals surface area contributed by atoms with Crippen LogP contribution >= 0.6 is 0 Å². The van der Waals surface area contributed by atoms with E-state index >= 15 is 0 Å². The van der Waals surface area contributed by atoms with Crippen LogP contribution in [0.25, 0.3) is 0 Å². The Morgan fingerprint density at radius 1 is 1.37 bits per heavy atom. The Morgan fingerprint density at radius 3 is 2.74 bits per heavy atom.